The second kappa shape index (κ2) is 9.96. The van der Waals surface area contributed by atoms with Crippen LogP contribution in [-0.4, -0.2) is 31.1 Å². The van der Waals surface area contributed by atoms with Crippen molar-refractivity contribution in [3.63, 3.8) is 0 Å². The highest BCUT2D eigenvalue weighted by molar-refractivity contribution is 5.97. The molecular weight excluding hydrogens is 368 g/mol. The van der Waals surface area contributed by atoms with Crippen molar-refractivity contribution in [1.29, 1.82) is 0 Å². The first-order valence-electron chi connectivity index (χ1n) is 10.1. The van der Waals surface area contributed by atoms with Gasteiger partial charge in [-0.3, -0.25) is 9.59 Å². The van der Waals surface area contributed by atoms with Gasteiger partial charge in [0.25, 0.3) is 0 Å². The second-order valence-electron chi connectivity index (χ2n) is 7.17. The Balaban J connectivity index is 1.46. The summed E-state index contributed by atoms with van der Waals surface area (Å²) in [4.78, 5) is 26.6. The first-order valence-corrected chi connectivity index (χ1v) is 10.1. The van der Waals surface area contributed by atoms with Crippen LogP contribution in [0.25, 0.3) is 0 Å². The molecule has 2 aromatic carbocycles. The highest BCUT2D eigenvalue weighted by Crippen LogP contribution is 2.33. The van der Waals surface area contributed by atoms with Crippen LogP contribution in [0.15, 0.2) is 48.5 Å². The van der Waals surface area contributed by atoms with Crippen LogP contribution in [-0.2, 0) is 16.1 Å². The second-order valence-corrected chi connectivity index (χ2v) is 7.17. The van der Waals surface area contributed by atoms with Gasteiger partial charge in [-0.15, -0.1) is 0 Å². The molecule has 0 radical (unpaired) electrons. The van der Waals surface area contributed by atoms with Crippen LogP contribution in [0.4, 0.5) is 5.69 Å². The van der Waals surface area contributed by atoms with Crippen molar-refractivity contribution in [2.24, 2.45) is 0 Å². The average Bonchev–Trinajstić information content (AvgIpc) is 2.74. The van der Waals surface area contributed by atoms with Crippen molar-refractivity contribution in [3.05, 3.63) is 54.1 Å². The van der Waals surface area contributed by atoms with E-state index in [1.807, 2.05) is 55.5 Å². The molecule has 0 saturated heterocycles. The highest BCUT2D eigenvalue weighted by atomic mass is 16.5. The fourth-order valence-electron chi connectivity index (χ4n) is 3.19. The van der Waals surface area contributed by atoms with Gasteiger partial charge in [-0.1, -0.05) is 31.2 Å². The van der Waals surface area contributed by atoms with Gasteiger partial charge in [0.1, 0.15) is 17.6 Å². The van der Waals surface area contributed by atoms with Gasteiger partial charge >= 0.3 is 0 Å². The van der Waals surface area contributed by atoms with Gasteiger partial charge in [0.05, 0.1) is 18.8 Å². The number of ether oxygens (including phenoxy) is 2. The van der Waals surface area contributed by atoms with Gasteiger partial charge in [0.15, 0.2) is 0 Å². The smallest absolute Gasteiger partial charge is 0.227 e. The van der Waals surface area contributed by atoms with Crippen LogP contribution in [0.2, 0.25) is 0 Å². The monoisotopic (exact) mass is 396 g/mol. The van der Waals surface area contributed by atoms with Crippen molar-refractivity contribution < 1.29 is 19.1 Å². The molecule has 1 aliphatic heterocycles. The molecule has 0 aliphatic carbocycles. The zero-order valence-electron chi connectivity index (χ0n) is 17.0. The Hall–Kier alpha value is -3.02. The van der Waals surface area contributed by atoms with E-state index in [9.17, 15) is 9.59 Å². The van der Waals surface area contributed by atoms with E-state index < -0.39 is 0 Å². The van der Waals surface area contributed by atoms with Gasteiger partial charge in [0, 0.05) is 19.4 Å². The van der Waals surface area contributed by atoms with Gasteiger partial charge in [-0.2, -0.15) is 0 Å². The lowest BCUT2D eigenvalue weighted by molar-refractivity contribution is -0.125. The molecule has 0 bridgehead atoms. The fourth-order valence-corrected chi connectivity index (χ4v) is 3.19. The Morgan fingerprint density at radius 1 is 1.14 bits per heavy atom. The summed E-state index contributed by atoms with van der Waals surface area (Å²) >= 11 is 0. The van der Waals surface area contributed by atoms with E-state index >= 15 is 0 Å². The van der Waals surface area contributed by atoms with E-state index in [2.05, 4.69) is 12.2 Å². The minimum atomic E-state index is -0.140. The molecule has 154 valence electrons. The van der Waals surface area contributed by atoms with E-state index in [1.54, 1.807) is 4.90 Å². The van der Waals surface area contributed by atoms with Crippen LogP contribution in [0.5, 0.6) is 11.5 Å². The number of benzene rings is 2. The Morgan fingerprint density at radius 2 is 1.90 bits per heavy atom. The van der Waals surface area contributed by atoms with E-state index in [1.165, 1.54) is 0 Å². The zero-order chi connectivity index (χ0) is 20.6. The fraction of sp³-hybridized carbons (Fsp3) is 0.391. The maximum atomic E-state index is 12.7. The molecule has 6 nitrogen and oxygen atoms in total. The maximum Gasteiger partial charge on any atom is 0.227 e. The minimum Gasteiger partial charge on any atom is -0.494 e. The molecule has 0 spiro atoms. The van der Waals surface area contributed by atoms with E-state index in [0.717, 1.165) is 23.4 Å². The number of rotatable bonds is 8. The molecule has 0 saturated carbocycles. The lowest BCUT2D eigenvalue weighted by atomic mass is 10.1. The molecule has 6 heteroatoms. The van der Waals surface area contributed by atoms with Gasteiger partial charge < -0.3 is 19.7 Å². The summed E-state index contributed by atoms with van der Waals surface area (Å²) in [5.74, 6) is 1.32. The molecule has 29 heavy (non-hydrogen) atoms. The zero-order valence-corrected chi connectivity index (χ0v) is 17.0. The summed E-state index contributed by atoms with van der Waals surface area (Å²) < 4.78 is 11.3. The highest BCUT2D eigenvalue weighted by Gasteiger charge is 2.27. The molecule has 2 aromatic rings. The molecule has 1 N–H and O–H groups in total. The first-order chi connectivity index (χ1) is 14.1. The standard InChI is InChI=1S/C23H28N2O4/c1-3-14-28-19-10-8-18(9-11-19)15-24-22(26)12-13-23(27)25-16-17(2)29-21-7-5-4-6-20(21)25/h4-11,17H,3,12-16H2,1-2H3,(H,24,26)/t17-/m1/s1. The Kier molecular flexibility index (Phi) is 7.11. The lowest BCUT2D eigenvalue weighted by Crippen LogP contribution is -2.42. The largest absolute Gasteiger partial charge is 0.494 e. The summed E-state index contributed by atoms with van der Waals surface area (Å²) in [6.07, 6.45) is 1.21. The summed E-state index contributed by atoms with van der Waals surface area (Å²) in [5.41, 5.74) is 1.76. The van der Waals surface area contributed by atoms with Crippen molar-refractivity contribution in [2.45, 2.75) is 45.8 Å². The van der Waals surface area contributed by atoms with Crippen LogP contribution in [0.1, 0.15) is 38.7 Å². The quantitative estimate of drug-likeness (QED) is 0.739. The third-order valence-corrected chi connectivity index (χ3v) is 4.68. The molecule has 0 aromatic heterocycles. The molecule has 1 heterocycles. The van der Waals surface area contributed by atoms with Crippen LogP contribution >= 0.6 is 0 Å². The molecule has 3 rings (SSSR count). The molecular formula is C23H28N2O4. The number of anilines is 1. The predicted molar refractivity (Wildman–Crippen MR) is 112 cm³/mol. The van der Waals surface area contributed by atoms with E-state index in [4.69, 9.17) is 9.47 Å². The Labute approximate surface area is 171 Å². The SMILES string of the molecule is CCCOc1ccc(CNC(=O)CCC(=O)N2C[C@@H](C)Oc3ccccc32)cc1. The van der Waals surface area contributed by atoms with Crippen LogP contribution < -0.4 is 19.7 Å². The third-order valence-electron chi connectivity index (χ3n) is 4.68. The van der Waals surface area contributed by atoms with Crippen molar-refractivity contribution in [1.82, 2.24) is 5.32 Å². The number of fused-ring (bicyclic) bond motifs is 1. The Bertz CT molecular complexity index is 835. The summed E-state index contributed by atoms with van der Waals surface area (Å²) in [6, 6.07) is 15.2. The van der Waals surface area contributed by atoms with E-state index in [-0.39, 0.29) is 30.8 Å². The number of carbonyl (C=O) groups is 2. The number of nitrogens with zero attached hydrogens (tertiary/aromatic N) is 1. The van der Waals surface area contributed by atoms with Crippen LogP contribution in [0.3, 0.4) is 0 Å². The van der Waals surface area contributed by atoms with Gasteiger partial charge in [0.2, 0.25) is 11.8 Å². The molecule has 2 amide bonds. The molecule has 1 atom stereocenters. The van der Waals surface area contributed by atoms with Crippen LogP contribution in [0, 0.1) is 0 Å². The number of amides is 2. The number of hydrogen-bond donors (Lipinski definition) is 1. The molecule has 0 fully saturated rings. The predicted octanol–water partition coefficient (Wildman–Crippen LogP) is 3.69. The lowest BCUT2D eigenvalue weighted by Gasteiger charge is -2.33. The van der Waals surface area contributed by atoms with Crippen molar-refractivity contribution in [3.8, 4) is 11.5 Å². The summed E-state index contributed by atoms with van der Waals surface area (Å²) in [7, 11) is 0. The average molecular weight is 396 g/mol. The third kappa shape index (κ3) is 5.73. The Morgan fingerprint density at radius 3 is 2.66 bits per heavy atom. The number of hydrogen-bond acceptors (Lipinski definition) is 4. The van der Waals surface area contributed by atoms with Gasteiger partial charge in [-0.25, -0.2) is 0 Å². The molecule has 1 aliphatic rings. The normalized spacial score (nSPS) is 15.2. The minimum absolute atomic E-state index is 0.0693. The van der Waals surface area contributed by atoms with E-state index in [0.29, 0.717) is 25.4 Å². The topological polar surface area (TPSA) is 67.9 Å². The summed E-state index contributed by atoms with van der Waals surface area (Å²) in [6.45, 7) is 5.60. The molecule has 0 unspecified atom stereocenters. The summed E-state index contributed by atoms with van der Waals surface area (Å²) in [5, 5.41) is 2.87. The van der Waals surface area contributed by atoms with Crippen molar-refractivity contribution >= 4 is 17.5 Å². The van der Waals surface area contributed by atoms with Gasteiger partial charge in [-0.05, 0) is 43.2 Å². The maximum absolute atomic E-state index is 12.7. The number of nitrogens with one attached hydrogen (secondary N) is 1. The first kappa shape index (κ1) is 20.7. The van der Waals surface area contributed by atoms with Crippen molar-refractivity contribution in [2.75, 3.05) is 18.1 Å². The number of para-hydroxylation sites is 2. The number of carbonyl (C=O) groups excluding carboxylic acids is 2.